The normalized spacial score (nSPS) is 10.5. The van der Waals surface area contributed by atoms with E-state index in [0.717, 1.165) is 6.07 Å². The predicted octanol–water partition coefficient (Wildman–Crippen LogP) is 4.13. The third-order valence-electron chi connectivity index (χ3n) is 2.74. The molecule has 0 aromatic heterocycles. The van der Waals surface area contributed by atoms with Gasteiger partial charge in [-0.3, -0.25) is 4.79 Å². The van der Waals surface area contributed by atoms with Crippen molar-refractivity contribution < 1.29 is 22.7 Å². The summed E-state index contributed by atoms with van der Waals surface area (Å²) >= 11 is 5.80. The summed E-state index contributed by atoms with van der Waals surface area (Å²) in [5, 5.41) is 5.41. The molecule has 0 atom stereocenters. The van der Waals surface area contributed by atoms with Crippen molar-refractivity contribution in [2.24, 2.45) is 0 Å². The average molecular weight is 345 g/mol. The number of carbonyl (C=O) groups is 1. The van der Waals surface area contributed by atoms with Gasteiger partial charge in [0.2, 0.25) is 5.91 Å². The Morgan fingerprint density at radius 1 is 1.17 bits per heavy atom. The molecule has 23 heavy (non-hydrogen) atoms. The van der Waals surface area contributed by atoms with Gasteiger partial charge in [0.05, 0.1) is 17.3 Å². The number of alkyl halides is 2. The van der Waals surface area contributed by atoms with E-state index in [2.05, 4.69) is 15.4 Å². The first-order chi connectivity index (χ1) is 10.9. The number of hydrogen-bond acceptors (Lipinski definition) is 3. The van der Waals surface area contributed by atoms with E-state index in [1.807, 2.05) is 0 Å². The molecule has 0 heterocycles. The number of anilines is 2. The van der Waals surface area contributed by atoms with E-state index < -0.39 is 18.3 Å². The van der Waals surface area contributed by atoms with Crippen LogP contribution in [0.2, 0.25) is 5.02 Å². The molecule has 8 heteroatoms. The molecule has 0 bridgehead atoms. The van der Waals surface area contributed by atoms with Gasteiger partial charge in [0.25, 0.3) is 0 Å². The smallest absolute Gasteiger partial charge is 0.387 e. The summed E-state index contributed by atoms with van der Waals surface area (Å²) in [6, 6.07) is 9.31. The lowest BCUT2D eigenvalue weighted by Gasteiger charge is -2.10. The van der Waals surface area contributed by atoms with Gasteiger partial charge in [-0.15, -0.1) is 0 Å². The highest BCUT2D eigenvalue weighted by atomic mass is 35.5. The van der Waals surface area contributed by atoms with Crippen LogP contribution in [0.5, 0.6) is 5.75 Å². The summed E-state index contributed by atoms with van der Waals surface area (Å²) in [5.41, 5.74) is 0.840. The van der Waals surface area contributed by atoms with E-state index in [4.69, 9.17) is 11.6 Å². The maximum atomic E-state index is 12.9. The SMILES string of the molecule is O=C(CNc1ccc(OC(F)F)cc1)Nc1ccc(F)cc1Cl. The number of nitrogens with one attached hydrogen (secondary N) is 2. The maximum absolute atomic E-state index is 12.9. The Balaban J connectivity index is 1.86. The number of carbonyl (C=O) groups excluding carboxylic acids is 1. The molecule has 0 aliphatic rings. The Bertz CT molecular complexity index is 681. The van der Waals surface area contributed by atoms with Crippen LogP contribution in [-0.4, -0.2) is 19.1 Å². The fourth-order valence-corrected chi connectivity index (χ4v) is 1.94. The number of rotatable bonds is 6. The second kappa shape index (κ2) is 7.73. The summed E-state index contributed by atoms with van der Waals surface area (Å²) < 4.78 is 41.1. The minimum atomic E-state index is -2.89. The van der Waals surface area contributed by atoms with Crippen molar-refractivity contribution in [3.63, 3.8) is 0 Å². The molecule has 0 saturated heterocycles. The van der Waals surface area contributed by atoms with Crippen molar-refractivity contribution in [1.82, 2.24) is 0 Å². The number of benzene rings is 2. The lowest BCUT2D eigenvalue weighted by molar-refractivity contribution is -0.114. The largest absolute Gasteiger partial charge is 0.435 e. The Morgan fingerprint density at radius 3 is 2.48 bits per heavy atom. The Kier molecular flexibility index (Phi) is 5.70. The third-order valence-corrected chi connectivity index (χ3v) is 3.05. The zero-order chi connectivity index (χ0) is 16.8. The van der Waals surface area contributed by atoms with Crippen molar-refractivity contribution in [2.75, 3.05) is 17.2 Å². The van der Waals surface area contributed by atoms with Crippen LogP contribution < -0.4 is 15.4 Å². The van der Waals surface area contributed by atoms with Crippen molar-refractivity contribution in [1.29, 1.82) is 0 Å². The molecule has 0 unspecified atom stereocenters. The van der Waals surface area contributed by atoms with Crippen LogP contribution in [0.25, 0.3) is 0 Å². The predicted molar refractivity (Wildman–Crippen MR) is 81.6 cm³/mol. The van der Waals surface area contributed by atoms with Crippen LogP contribution in [-0.2, 0) is 4.79 Å². The molecule has 122 valence electrons. The Hall–Kier alpha value is -2.41. The van der Waals surface area contributed by atoms with Crippen molar-refractivity contribution >= 4 is 28.9 Å². The van der Waals surface area contributed by atoms with Gasteiger partial charge in [-0.25, -0.2) is 4.39 Å². The molecule has 2 N–H and O–H groups in total. The van der Waals surface area contributed by atoms with E-state index in [-0.39, 0.29) is 17.3 Å². The molecule has 2 rings (SSSR count). The van der Waals surface area contributed by atoms with Crippen molar-refractivity contribution in [2.45, 2.75) is 6.61 Å². The molecule has 0 fully saturated rings. The van der Waals surface area contributed by atoms with Crippen LogP contribution in [0.4, 0.5) is 24.5 Å². The second-order valence-electron chi connectivity index (χ2n) is 4.43. The highest BCUT2D eigenvalue weighted by Gasteiger charge is 2.07. The van der Waals surface area contributed by atoms with Crippen LogP contribution in [0, 0.1) is 5.82 Å². The van der Waals surface area contributed by atoms with Gasteiger partial charge in [-0.05, 0) is 42.5 Å². The number of ether oxygens (including phenoxy) is 1. The van der Waals surface area contributed by atoms with Gasteiger partial charge in [-0.2, -0.15) is 8.78 Å². The summed E-state index contributed by atoms with van der Waals surface area (Å²) in [6.07, 6.45) is 0. The summed E-state index contributed by atoms with van der Waals surface area (Å²) in [6.45, 7) is -2.97. The van der Waals surface area contributed by atoms with Gasteiger partial charge in [-0.1, -0.05) is 11.6 Å². The van der Waals surface area contributed by atoms with Crippen LogP contribution in [0.1, 0.15) is 0 Å². The minimum Gasteiger partial charge on any atom is -0.435 e. The standard InChI is InChI=1S/C15H12ClF3N2O2/c16-12-7-9(17)1-6-13(12)21-14(22)8-20-10-2-4-11(5-3-10)23-15(18)19/h1-7,15,20H,8H2,(H,21,22). The van der Waals surface area contributed by atoms with Gasteiger partial charge in [0.15, 0.2) is 0 Å². The molecular formula is C15H12ClF3N2O2. The molecule has 1 amide bonds. The first kappa shape index (κ1) is 17.0. The molecule has 2 aromatic rings. The van der Waals surface area contributed by atoms with Crippen LogP contribution in [0.15, 0.2) is 42.5 Å². The molecule has 4 nitrogen and oxygen atoms in total. The maximum Gasteiger partial charge on any atom is 0.387 e. The van der Waals surface area contributed by atoms with Gasteiger partial charge >= 0.3 is 6.61 Å². The van der Waals surface area contributed by atoms with E-state index in [1.165, 1.54) is 36.4 Å². The molecule has 0 saturated carbocycles. The first-order valence-corrected chi connectivity index (χ1v) is 6.85. The van der Waals surface area contributed by atoms with Crippen LogP contribution in [0.3, 0.4) is 0 Å². The topological polar surface area (TPSA) is 50.4 Å². The van der Waals surface area contributed by atoms with E-state index in [9.17, 15) is 18.0 Å². The minimum absolute atomic E-state index is 0.0214. The lowest BCUT2D eigenvalue weighted by Crippen LogP contribution is -2.21. The van der Waals surface area contributed by atoms with E-state index in [1.54, 1.807) is 0 Å². The molecular weight excluding hydrogens is 333 g/mol. The van der Waals surface area contributed by atoms with E-state index >= 15 is 0 Å². The Labute approximate surface area is 135 Å². The van der Waals surface area contributed by atoms with Crippen LogP contribution >= 0.6 is 11.6 Å². The molecule has 0 spiro atoms. The second-order valence-corrected chi connectivity index (χ2v) is 4.84. The van der Waals surface area contributed by atoms with Crippen molar-refractivity contribution in [3.05, 3.63) is 53.3 Å². The molecule has 0 aliphatic heterocycles. The fraction of sp³-hybridized carbons (Fsp3) is 0.133. The monoisotopic (exact) mass is 344 g/mol. The zero-order valence-electron chi connectivity index (χ0n) is 11.7. The van der Waals surface area contributed by atoms with Crippen molar-refractivity contribution in [3.8, 4) is 5.75 Å². The zero-order valence-corrected chi connectivity index (χ0v) is 12.4. The number of halogens is 4. The highest BCUT2D eigenvalue weighted by Crippen LogP contribution is 2.22. The van der Waals surface area contributed by atoms with Gasteiger partial charge < -0.3 is 15.4 Å². The van der Waals surface area contributed by atoms with Gasteiger partial charge in [0, 0.05) is 5.69 Å². The number of hydrogen-bond donors (Lipinski definition) is 2. The molecule has 0 aliphatic carbocycles. The molecule has 0 radical (unpaired) electrons. The lowest BCUT2D eigenvalue weighted by atomic mass is 10.3. The van der Waals surface area contributed by atoms with E-state index in [0.29, 0.717) is 11.4 Å². The Morgan fingerprint density at radius 2 is 1.87 bits per heavy atom. The fourth-order valence-electron chi connectivity index (χ4n) is 1.72. The third kappa shape index (κ3) is 5.37. The quantitative estimate of drug-likeness (QED) is 0.828. The molecule has 2 aromatic carbocycles. The summed E-state index contributed by atoms with van der Waals surface area (Å²) in [7, 11) is 0. The summed E-state index contributed by atoms with van der Waals surface area (Å²) in [4.78, 5) is 11.8. The highest BCUT2D eigenvalue weighted by molar-refractivity contribution is 6.33. The average Bonchev–Trinajstić information content (AvgIpc) is 2.49. The van der Waals surface area contributed by atoms with Gasteiger partial charge in [0.1, 0.15) is 11.6 Å². The number of amides is 1. The summed E-state index contributed by atoms with van der Waals surface area (Å²) in [5.74, 6) is -0.878. The first-order valence-electron chi connectivity index (χ1n) is 6.47.